The topological polar surface area (TPSA) is 70.8 Å². The summed E-state index contributed by atoms with van der Waals surface area (Å²) in [5.41, 5.74) is 1.62. The zero-order valence-electron chi connectivity index (χ0n) is 20.4. The van der Waals surface area contributed by atoms with Crippen LogP contribution in [0.3, 0.4) is 0 Å². The summed E-state index contributed by atoms with van der Waals surface area (Å²) in [4.78, 5) is 16.2. The highest BCUT2D eigenvalue weighted by molar-refractivity contribution is 5.56. The van der Waals surface area contributed by atoms with Crippen LogP contribution in [0, 0.1) is 6.92 Å². The molecule has 8 nitrogen and oxygen atoms in total. The molecule has 8 heteroatoms. The van der Waals surface area contributed by atoms with Gasteiger partial charge >= 0.3 is 0 Å². The van der Waals surface area contributed by atoms with Gasteiger partial charge in [0.1, 0.15) is 5.75 Å². The Morgan fingerprint density at radius 2 is 1.65 bits per heavy atom. The van der Waals surface area contributed by atoms with Gasteiger partial charge in [-0.1, -0.05) is 27.7 Å². The van der Waals surface area contributed by atoms with Crippen LogP contribution in [0.15, 0.2) is 16.8 Å². The summed E-state index contributed by atoms with van der Waals surface area (Å²) in [7, 11) is 3.84. The average molecular weight is 433 g/mol. The zero-order chi connectivity index (χ0) is 22.8. The lowest BCUT2D eigenvalue weighted by atomic mass is 10.0. The molecule has 4 rings (SSSR count). The molecule has 2 aromatic heterocycles. The SMILES string of the molecule is CC.CC.COc1cc(-c2nc(N3CCC(N4CCN(C)CC4)CC3)no2)cnc1C. The van der Waals surface area contributed by atoms with E-state index in [1.165, 1.54) is 26.2 Å². The minimum Gasteiger partial charge on any atom is -0.495 e. The molecule has 31 heavy (non-hydrogen) atoms. The second-order valence-corrected chi connectivity index (χ2v) is 7.47. The van der Waals surface area contributed by atoms with E-state index in [2.05, 4.69) is 36.9 Å². The summed E-state index contributed by atoms with van der Waals surface area (Å²) in [6.07, 6.45) is 4.04. The Balaban J connectivity index is 0.000000807. The van der Waals surface area contributed by atoms with Crippen molar-refractivity contribution in [2.24, 2.45) is 0 Å². The summed E-state index contributed by atoms with van der Waals surface area (Å²) in [5, 5.41) is 4.19. The maximum absolute atomic E-state index is 5.48. The number of rotatable bonds is 4. The van der Waals surface area contributed by atoms with E-state index < -0.39 is 0 Å². The fraction of sp³-hybridized carbons (Fsp3) is 0.696. The van der Waals surface area contributed by atoms with Gasteiger partial charge in [-0.2, -0.15) is 4.98 Å². The van der Waals surface area contributed by atoms with Crippen molar-refractivity contribution in [3.8, 4) is 17.2 Å². The molecule has 0 N–H and O–H groups in total. The summed E-state index contributed by atoms with van der Waals surface area (Å²) < 4.78 is 10.8. The van der Waals surface area contributed by atoms with Crippen LogP contribution in [0.25, 0.3) is 11.5 Å². The van der Waals surface area contributed by atoms with Crippen molar-refractivity contribution >= 4 is 5.95 Å². The molecule has 0 saturated carbocycles. The number of aryl methyl sites for hydroxylation is 1. The molecule has 0 bridgehead atoms. The van der Waals surface area contributed by atoms with Crippen LogP contribution >= 0.6 is 0 Å². The fourth-order valence-corrected chi connectivity index (χ4v) is 3.92. The van der Waals surface area contributed by atoms with Crippen molar-refractivity contribution < 1.29 is 9.26 Å². The molecule has 0 radical (unpaired) electrons. The van der Waals surface area contributed by atoms with Gasteiger partial charge in [0.25, 0.3) is 11.8 Å². The first kappa shape index (κ1) is 25.1. The van der Waals surface area contributed by atoms with Crippen molar-refractivity contribution in [1.82, 2.24) is 24.9 Å². The van der Waals surface area contributed by atoms with E-state index in [1.54, 1.807) is 13.3 Å². The second kappa shape index (κ2) is 12.6. The monoisotopic (exact) mass is 432 g/mol. The van der Waals surface area contributed by atoms with Crippen molar-refractivity contribution in [3.63, 3.8) is 0 Å². The van der Waals surface area contributed by atoms with Crippen molar-refractivity contribution in [2.75, 3.05) is 58.3 Å². The Morgan fingerprint density at radius 1 is 1.00 bits per heavy atom. The van der Waals surface area contributed by atoms with Gasteiger partial charge in [0.05, 0.1) is 18.4 Å². The Morgan fingerprint density at radius 3 is 2.26 bits per heavy atom. The molecule has 2 fully saturated rings. The number of hydrogen-bond acceptors (Lipinski definition) is 8. The van der Waals surface area contributed by atoms with E-state index in [4.69, 9.17) is 9.26 Å². The quantitative estimate of drug-likeness (QED) is 0.724. The van der Waals surface area contributed by atoms with E-state index in [1.807, 2.05) is 40.7 Å². The average Bonchev–Trinajstić information content (AvgIpc) is 3.33. The molecule has 0 unspecified atom stereocenters. The van der Waals surface area contributed by atoms with Crippen LogP contribution in [-0.4, -0.2) is 84.4 Å². The lowest BCUT2D eigenvalue weighted by Gasteiger charge is -2.41. The van der Waals surface area contributed by atoms with Gasteiger partial charge in [-0.25, -0.2) is 0 Å². The molecule has 4 heterocycles. The highest BCUT2D eigenvalue weighted by atomic mass is 16.5. The smallest absolute Gasteiger partial charge is 0.266 e. The lowest BCUT2D eigenvalue weighted by molar-refractivity contribution is 0.0980. The minimum atomic E-state index is 0.483. The number of likely N-dealkylation sites (N-methyl/N-ethyl adjacent to an activating group) is 1. The normalized spacial score (nSPS) is 18.0. The first-order chi connectivity index (χ1) is 15.1. The first-order valence-electron chi connectivity index (χ1n) is 11.7. The molecule has 0 spiro atoms. The summed E-state index contributed by atoms with van der Waals surface area (Å²) >= 11 is 0. The van der Waals surface area contributed by atoms with E-state index in [-0.39, 0.29) is 0 Å². The molecular weight excluding hydrogens is 392 g/mol. The predicted octanol–water partition coefficient (Wildman–Crippen LogP) is 3.72. The van der Waals surface area contributed by atoms with Gasteiger partial charge in [0.15, 0.2) is 0 Å². The first-order valence-corrected chi connectivity index (χ1v) is 11.7. The maximum atomic E-state index is 5.48. The second-order valence-electron chi connectivity index (χ2n) is 7.47. The third kappa shape index (κ3) is 6.40. The van der Waals surface area contributed by atoms with Crippen LogP contribution in [0.1, 0.15) is 46.2 Å². The number of methoxy groups -OCH3 is 1. The molecule has 2 saturated heterocycles. The number of aromatic nitrogens is 3. The number of anilines is 1. The van der Waals surface area contributed by atoms with Gasteiger partial charge in [0, 0.05) is 51.5 Å². The molecule has 2 aromatic rings. The van der Waals surface area contributed by atoms with Gasteiger partial charge < -0.3 is 19.1 Å². The standard InChI is InChI=1S/C19H28N6O2.2C2H6/c1-14-17(26-3)12-15(13-20-14)18-21-19(22-27-18)25-6-4-16(5-7-25)24-10-8-23(2)9-11-24;2*1-2/h12-13,16H,4-11H2,1-3H3;2*1-2H3. The predicted molar refractivity (Wildman–Crippen MR) is 126 cm³/mol. The molecule has 2 aliphatic heterocycles. The number of pyridine rings is 1. The molecular formula is C23H40N6O2. The number of piperazine rings is 1. The van der Waals surface area contributed by atoms with Gasteiger partial charge in [0.2, 0.25) is 0 Å². The zero-order valence-corrected chi connectivity index (χ0v) is 20.4. The third-order valence-corrected chi connectivity index (χ3v) is 5.72. The van der Waals surface area contributed by atoms with E-state index in [0.29, 0.717) is 17.9 Å². The highest BCUT2D eigenvalue weighted by Crippen LogP contribution is 2.27. The molecule has 2 aliphatic rings. The Bertz CT molecular complexity index is 765. The van der Waals surface area contributed by atoms with E-state index in [9.17, 15) is 0 Å². The van der Waals surface area contributed by atoms with Crippen LogP contribution in [0.4, 0.5) is 5.95 Å². The largest absolute Gasteiger partial charge is 0.495 e. The number of piperidine rings is 1. The summed E-state index contributed by atoms with van der Waals surface area (Å²) in [6.45, 7) is 16.5. The molecule has 174 valence electrons. The molecule has 0 amide bonds. The minimum absolute atomic E-state index is 0.483. The molecule has 0 atom stereocenters. The van der Waals surface area contributed by atoms with Gasteiger partial charge in [-0.3, -0.25) is 9.88 Å². The molecule has 0 aliphatic carbocycles. The number of ether oxygens (including phenoxy) is 1. The Labute approximate surface area is 187 Å². The van der Waals surface area contributed by atoms with Gasteiger partial charge in [-0.05, 0) is 38.0 Å². The fourth-order valence-electron chi connectivity index (χ4n) is 3.92. The van der Waals surface area contributed by atoms with Crippen molar-refractivity contribution in [2.45, 2.75) is 53.5 Å². The number of nitrogens with zero attached hydrogens (tertiary/aromatic N) is 6. The van der Waals surface area contributed by atoms with Crippen LogP contribution in [0.5, 0.6) is 5.75 Å². The summed E-state index contributed by atoms with van der Waals surface area (Å²) in [5.74, 6) is 1.87. The van der Waals surface area contributed by atoms with Crippen LogP contribution < -0.4 is 9.64 Å². The van der Waals surface area contributed by atoms with Crippen molar-refractivity contribution in [3.05, 3.63) is 18.0 Å². The van der Waals surface area contributed by atoms with E-state index in [0.717, 1.165) is 42.9 Å². The highest BCUT2D eigenvalue weighted by Gasteiger charge is 2.28. The Kier molecular flexibility index (Phi) is 10.2. The lowest BCUT2D eigenvalue weighted by Crippen LogP contribution is -2.52. The van der Waals surface area contributed by atoms with Crippen LogP contribution in [-0.2, 0) is 0 Å². The Hall–Kier alpha value is -2.19. The van der Waals surface area contributed by atoms with Crippen molar-refractivity contribution in [1.29, 1.82) is 0 Å². The summed E-state index contributed by atoms with van der Waals surface area (Å²) in [6, 6.07) is 2.56. The number of hydrogen-bond donors (Lipinski definition) is 0. The van der Waals surface area contributed by atoms with Crippen LogP contribution in [0.2, 0.25) is 0 Å². The maximum Gasteiger partial charge on any atom is 0.266 e. The van der Waals surface area contributed by atoms with E-state index >= 15 is 0 Å². The third-order valence-electron chi connectivity index (χ3n) is 5.72. The van der Waals surface area contributed by atoms with Gasteiger partial charge in [-0.15, -0.1) is 0 Å². The molecule has 0 aromatic carbocycles.